The number of fused-ring (bicyclic) bond motifs is 1. The van der Waals surface area contributed by atoms with Gasteiger partial charge in [0.2, 0.25) is 0 Å². The molecule has 8 heteroatoms. The van der Waals surface area contributed by atoms with Gasteiger partial charge in [0.15, 0.2) is 0 Å². The van der Waals surface area contributed by atoms with Crippen molar-refractivity contribution in [1.29, 1.82) is 0 Å². The second-order valence-corrected chi connectivity index (χ2v) is 7.73. The number of thiazole rings is 1. The molecule has 0 spiro atoms. The maximum atomic E-state index is 13.1. The van der Waals surface area contributed by atoms with Crippen LogP contribution >= 0.6 is 11.3 Å². The first-order chi connectivity index (χ1) is 14.1. The van der Waals surface area contributed by atoms with E-state index in [4.69, 9.17) is 0 Å². The fraction of sp³-hybridized carbons (Fsp3) is 0.238. The van der Waals surface area contributed by atoms with Crippen molar-refractivity contribution in [3.63, 3.8) is 0 Å². The number of hydrogen-bond donors (Lipinski definition) is 1. The molecule has 3 aromatic rings. The number of nitrogens with one attached hydrogen (secondary N) is 1. The number of benzene rings is 1. The molecule has 148 valence electrons. The fourth-order valence-corrected chi connectivity index (χ4v) is 4.21. The maximum Gasteiger partial charge on any atom is 0.265 e. The minimum atomic E-state index is -0.393. The van der Waals surface area contributed by atoms with Crippen molar-refractivity contribution >= 4 is 23.2 Å². The third kappa shape index (κ3) is 3.71. The first-order valence-corrected chi connectivity index (χ1v) is 10.2. The Morgan fingerprint density at radius 3 is 2.72 bits per heavy atom. The molecule has 2 aromatic heterocycles. The van der Waals surface area contributed by atoms with Gasteiger partial charge in [-0.25, -0.2) is 0 Å². The average molecular weight is 408 g/mol. The van der Waals surface area contributed by atoms with E-state index >= 15 is 0 Å². The van der Waals surface area contributed by atoms with E-state index in [2.05, 4.69) is 10.3 Å². The third-order valence-electron chi connectivity index (χ3n) is 5.05. The molecule has 0 saturated carbocycles. The van der Waals surface area contributed by atoms with E-state index in [-0.39, 0.29) is 17.0 Å². The van der Waals surface area contributed by atoms with Gasteiger partial charge in [-0.1, -0.05) is 30.3 Å². The predicted octanol–water partition coefficient (Wildman–Crippen LogP) is 1.91. The van der Waals surface area contributed by atoms with Crippen LogP contribution in [0.2, 0.25) is 0 Å². The van der Waals surface area contributed by atoms with Crippen molar-refractivity contribution in [3.05, 3.63) is 85.7 Å². The molecular formula is C21H20N4O3S. The Morgan fingerprint density at radius 1 is 1.24 bits per heavy atom. The standard InChI is InChI=1S/C21H20N4O3S/c1-22-19(26)18-16-7-8-24(20(27)17-9-23-13-29-17)11-15(16)12-25(21(18)28)10-14-5-3-2-4-6-14/h2-6,9,12-13H,7-8,10-11H2,1H3,(H,22,26). The zero-order valence-electron chi connectivity index (χ0n) is 15.9. The van der Waals surface area contributed by atoms with E-state index in [1.54, 1.807) is 27.4 Å². The summed E-state index contributed by atoms with van der Waals surface area (Å²) in [5.74, 6) is -0.476. The van der Waals surface area contributed by atoms with Crippen LogP contribution in [0, 0.1) is 0 Å². The number of carbonyl (C=O) groups is 2. The summed E-state index contributed by atoms with van der Waals surface area (Å²) in [7, 11) is 1.52. The number of hydrogen-bond acceptors (Lipinski definition) is 5. The van der Waals surface area contributed by atoms with Gasteiger partial charge in [0.05, 0.1) is 18.3 Å². The molecule has 7 nitrogen and oxygen atoms in total. The average Bonchev–Trinajstić information content (AvgIpc) is 3.29. The van der Waals surface area contributed by atoms with Gasteiger partial charge in [0.1, 0.15) is 10.4 Å². The molecule has 4 rings (SSSR count). The molecule has 0 aliphatic carbocycles. The summed E-state index contributed by atoms with van der Waals surface area (Å²) in [6, 6.07) is 9.61. The van der Waals surface area contributed by atoms with E-state index in [0.29, 0.717) is 30.9 Å². The van der Waals surface area contributed by atoms with Crippen LogP contribution in [0.1, 0.15) is 36.7 Å². The molecule has 0 unspecified atom stereocenters. The highest BCUT2D eigenvalue weighted by atomic mass is 32.1. The quantitative estimate of drug-likeness (QED) is 0.715. The molecule has 0 bridgehead atoms. The van der Waals surface area contributed by atoms with Gasteiger partial charge >= 0.3 is 0 Å². The Balaban J connectivity index is 1.74. The van der Waals surface area contributed by atoms with Gasteiger partial charge in [-0.3, -0.25) is 19.4 Å². The predicted molar refractivity (Wildman–Crippen MR) is 110 cm³/mol. The Hall–Kier alpha value is -3.26. The third-order valence-corrected chi connectivity index (χ3v) is 5.81. The summed E-state index contributed by atoms with van der Waals surface area (Å²) >= 11 is 1.30. The van der Waals surface area contributed by atoms with Crippen LogP contribution in [0.3, 0.4) is 0 Å². The van der Waals surface area contributed by atoms with Crippen molar-refractivity contribution in [3.8, 4) is 0 Å². The second kappa shape index (κ2) is 8.00. The van der Waals surface area contributed by atoms with Crippen molar-refractivity contribution in [2.45, 2.75) is 19.5 Å². The Kier molecular flexibility index (Phi) is 5.26. The minimum absolute atomic E-state index is 0.0829. The van der Waals surface area contributed by atoms with Crippen LogP contribution in [0.4, 0.5) is 0 Å². The first kappa shape index (κ1) is 19.1. The normalized spacial score (nSPS) is 13.1. The van der Waals surface area contributed by atoms with Gasteiger partial charge < -0.3 is 14.8 Å². The molecular weight excluding hydrogens is 388 g/mol. The van der Waals surface area contributed by atoms with Crippen LogP contribution in [0.5, 0.6) is 0 Å². The molecule has 0 atom stereocenters. The molecule has 1 N–H and O–H groups in total. The van der Waals surface area contributed by atoms with Gasteiger partial charge in [0, 0.05) is 26.3 Å². The van der Waals surface area contributed by atoms with Crippen LogP contribution in [-0.4, -0.2) is 39.9 Å². The molecule has 3 heterocycles. The number of carbonyl (C=O) groups excluding carboxylic acids is 2. The highest BCUT2D eigenvalue weighted by Gasteiger charge is 2.28. The van der Waals surface area contributed by atoms with Crippen molar-refractivity contribution in [2.75, 3.05) is 13.6 Å². The molecule has 2 amide bonds. The molecule has 0 fully saturated rings. The molecule has 1 aromatic carbocycles. The van der Waals surface area contributed by atoms with Crippen LogP contribution in [0.15, 0.2) is 53.0 Å². The smallest absolute Gasteiger partial charge is 0.265 e. The number of rotatable bonds is 4. The largest absolute Gasteiger partial charge is 0.355 e. The van der Waals surface area contributed by atoms with E-state index in [1.807, 2.05) is 30.3 Å². The summed E-state index contributed by atoms with van der Waals surface area (Å²) in [5, 5.41) is 2.58. The van der Waals surface area contributed by atoms with Crippen molar-refractivity contribution < 1.29 is 9.59 Å². The summed E-state index contributed by atoms with van der Waals surface area (Å²) in [5.41, 5.74) is 4.01. The van der Waals surface area contributed by atoms with Gasteiger partial charge in [0.25, 0.3) is 17.4 Å². The summed E-state index contributed by atoms with van der Waals surface area (Å²) in [6.07, 6.45) is 3.81. The molecule has 29 heavy (non-hydrogen) atoms. The highest BCUT2D eigenvalue weighted by Crippen LogP contribution is 2.23. The number of amides is 2. The van der Waals surface area contributed by atoms with Crippen molar-refractivity contribution in [2.24, 2.45) is 0 Å². The first-order valence-electron chi connectivity index (χ1n) is 9.27. The highest BCUT2D eigenvalue weighted by molar-refractivity contribution is 7.11. The lowest BCUT2D eigenvalue weighted by atomic mass is 9.95. The van der Waals surface area contributed by atoms with Crippen LogP contribution in [0.25, 0.3) is 0 Å². The van der Waals surface area contributed by atoms with Gasteiger partial charge in [-0.15, -0.1) is 11.3 Å². The molecule has 1 aliphatic heterocycles. The number of pyridine rings is 1. The van der Waals surface area contributed by atoms with Gasteiger partial charge in [-0.05, 0) is 23.1 Å². The van der Waals surface area contributed by atoms with Crippen LogP contribution < -0.4 is 10.9 Å². The Morgan fingerprint density at radius 2 is 2.03 bits per heavy atom. The molecule has 0 saturated heterocycles. The lowest BCUT2D eigenvalue weighted by molar-refractivity contribution is 0.0738. The van der Waals surface area contributed by atoms with E-state index in [0.717, 1.165) is 16.7 Å². The summed E-state index contributed by atoms with van der Waals surface area (Å²) in [6.45, 7) is 1.17. The zero-order valence-corrected chi connectivity index (χ0v) is 16.7. The fourth-order valence-electron chi connectivity index (χ4n) is 3.62. The van der Waals surface area contributed by atoms with Crippen molar-refractivity contribution in [1.82, 2.24) is 19.8 Å². The Labute approximate surface area is 171 Å². The number of aromatic nitrogens is 2. The van der Waals surface area contributed by atoms with E-state index in [9.17, 15) is 14.4 Å². The molecule has 1 aliphatic rings. The SMILES string of the molecule is CNC(=O)c1c2c(cn(Cc3ccccc3)c1=O)CN(C(=O)c1cncs1)CC2. The van der Waals surface area contributed by atoms with Gasteiger partial charge in [-0.2, -0.15) is 0 Å². The zero-order chi connectivity index (χ0) is 20.4. The summed E-state index contributed by atoms with van der Waals surface area (Å²) < 4.78 is 1.55. The summed E-state index contributed by atoms with van der Waals surface area (Å²) in [4.78, 5) is 44.6. The van der Waals surface area contributed by atoms with E-state index in [1.165, 1.54) is 18.4 Å². The van der Waals surface area contributed by atoms with Crippen LogP contribution in [-0.2, 0) is 19.5 Å². The maximum absolute atomic E-state index is 13.1. The number of nitrogens with zero attached hydrogens (tertiary/aromatic N) is 3. The minimum Gasteiger partial charge on any atom is -0.355 e. The Bertz CT molecular complexity index is 1110. The molecule has 0 radical (unpaired) electrons. The monoisotopic (exact) mass is 408 g/mol. The lowest BCUT2D eigenvalue weighted by Crippen LogP contribution is -2.41. The van der Waals surface area contributed by atoms with E-state index < -0.39 is 5.91 Å². The topological polar surface area (TPSA) is 84.3 Å². The lowest BCUT2D eigenvalue weighted by Gasteiger charge is -2.30. The second-order valence-electron chi connectivity index (χ2n) is 6.85.